The van der Waals surface area contributed by atoms with Crippen LogP contribution in [-0.4, -0.2) is 104 Å². The summed E-state index contributed by atoms with van der Waals surface area (Å²) in [5, 5.41) is 10.7. The second-order valence-electron chi connectivity index (χ2n) is 11.1. The number of carbonyl (C=O) groups excluding carboxylic acids is 5. The summed E-state index contributed by atoms with van der Waals surface area (Å²) in [5.41, 5.74) is 1.03. The zero-order valence-corrected chi connectivity index (χ0v) is 25.3. The molecule has 1 saturated heterocycles. The third-order valence-corrected chi connectivity index (χ3v) is 7.32. The molecule has 3 atom stereocenters. The van der Waals surface area contributed by atoms with Gasteiger partial charge >= 0.3 is 0 Å². The van der Waals surface area contributed by atoms with E-state index < -0.39 is 47.5 Å². The van der Waals surface area contributed by atoms with E-state index in [2.05, 4.69) is 50.2 Å². The Labute approximate surface area is 253 Å². The van der Waals surface area contributed by atoms with Crippen LogP contribution in [0.3, 0.4) is 0 Å². The molecule has 11 heteroatoms. The van der Waals surface area contributed by atoms with Gasteiger partial charge < -0.3 is 26.2 Å². The van der Waals surface area contributed by atoms with Crippen molar-refractivity contribution in [3.8, 4) is 0 Å². The van der Waals surface area contributed by atoms with Gasteiger partial charge in [0.05, 0.1) is 6.04 Å². The van der Waals surface area contributed by atoms with Gasteiger partial charge in [-0.3, -0.25) is 28.9 Å². The standard InChI is InChI=1S/C32H42N6O5/c1-22(2)27(28(39)32(43)33-15-16-38-19-17-37(4)18-20-38)36-29(40)23(3)34-31(42)26(21-24-11-7-5-8-12-24)35-30(41)25-13-9-6-10-14-25/h5-7,9-11,13-14,22-23,26-27H,15-21H2,1-4H3,(H,33,43)(H,34,42)(H,35,41)(H,36,40)/t23-,26-,27-/m0/s1. The molecule has 43 heavy (non-hydrogen) atoms. The molecule has 0 saturated carbocycles. The Morgan fingerprint density at radius 1 is 0.860 bits per heavy atom. The first-order chi connectivity index (χ1) is 20.5. The highest BCUT2D eigenvalue weighted by Crippen LogP contribution is 2.07. The van der Waals surface area contributed by atoms with Crippen LogP contribution in [0.2, 0.25) is 0 Å². The van der Waals surface area contributed by atoms with Crippen LogP contribution < -0.4 is 21.3 Å². The Morgan fingerprint density at radius 2 is 1.56 bits per heavy atom. The van der Waals surface area contributed by atoms with Crippen molar-refractivity contribution in [2.24, 2.45) is 5.92 Å². The van der Waals surface area contributed by atoms with Crippen molar-refractivity contribution in [2.75, 3.05) is 46.3 Å². The Balaban J connectivity index is 1.57. The molecular weight excluding hydrogens is 548 g/mol. The van der Waals surface area contributed by atoms with Crippen LogP contribution in [-0.2, 0) is 25.6 Å². The van der Waals surface area contributed by atoms with Gasteiger partial charge in [0.2, 0.25) is 17.6 Å². The summed E-state index contributed by atoms with van der Waals surface area (Å²) in [6.45, 7) is 9.59. The van der Waals surface area contributed by atoms with Gasteiger partial charge in [0.15, 0.2) is 0 Å². The molecule has 0 aliphatic carbocycles. The number of carbonyl (C=O) groups is 5. The minimum atomic E-state index is -1.07. The predicted molar refractivity (Wildman–Crippen MR) is 162 cm³/mol. The first-order valence-corrected chi connectivity index (χ1v) is 14.6. The van der Waals surface area contributed by atoms with Gasteiger partial charge in [0, 0.05) is 56.8 Å². The number of hydrogen-bond donors (Lipinski definition) is 4. The largest absolute Gasteiger partial charge is 0.348 e. The fourth-order valence-electron chi connectivity index (χ4n) is 4.59. The second kappa shape index (κ2) is 16.4. The maximum atomic E-state index is 13.3. The average Bonchev–Trinajstić information content (AvgIpc) is 3.00. The average molecular weight is 591 g/mol. The summed E-state index contributed by atoms with van der Waals surface area (Å²) in [5.74, 6) is -3.53. The molecule has 1 heterocycles. The Kier molecular flexibility index (Phi) is 12.7. The first kappa shape index (κ1) is 33.2. The molecule has 230 valence electrons. The SMILES string of the molecule is CC(C)[C@H](NC(=O)[C@H](C)NC(=O)[C@H](Cc1c#cccc1)NC(=O)c1ccccc1)C(=O)C(=O)NCCN1CCN(C)CC1. The molecule has 1 aliphatic rings. The number of nitrogens with one attached hydrogen (secondary N) is 4. The number of rotatable bonds is 14. The third kappa shape index (κ3) is 10.5. The Bertz CT molecular complexity index is 1230. The van der Waals surface area contributed by atoms with E-state index in [-0.39, 0.29) is 12.3 Å². The second-order valence-corrected chi connectivity index (χ2v) is 11.1. The van der Waals surface area contributed by atoms with E-state index in [9.17, 15) is 24.0 Å². The van der Waals surface area contributed by atoms with Crippen molar-refractivity contribution in [1.82, 2.24) is 31.1 Å². The quantitative estimate of drug-likeness (QED) is 0.231. The highest BCUT2D eigenvalue weighted by atomic mass is 16.2. The van der Waals surface area contributed by atoms with Crippen LogP contribution >= 0.6 is 0 Å². The third-order valence-electron chi connectivity index (χ3n) is 7.32. The minimum Gasteiger partial charge on any atom is -0.348 e. The molecule has 3 rings (SSSR count). The maximum Gasteiger partial charge on any atom is 0.289 e. The van der Waals surface area contributed by atoms with Crippen LogP contribution in [0.15, 0.2) is 48.5 Å². The Morgan fingerprint density at radius 3 is 2.19 bits per heavy atom. The zero-order chi connectivity index (χ0) is 31.4. The van der Waals surface area contributed by atoms with Gasteiger partial charge in [-0.05, 0) is 44.2 Å². The summed E-state index contributed by atoms with van der Waals surface area (Å²) in [7, 11) is 2.06. The molecule has 0 aromatic heterocycles. The molecular formula is C32H42N6O5. The lowest BCUT2D eigenvalue weighted by atomic mass is 9.98. The normalized spacial score (nSPS) is 15.8. The number of ketones is 1. The van der Waals surface area contributed by atoms with Crippen LogP contribution in [0.5, 0.6) is 0 Å². The van der Waals surface area contributed by atoms with Crippen molar-refractivity contribution in [1.29, 1.82) is 0 Å². The van der Waals surface area contributed by atoms with Crippen molar-refractivity contribution in [2.45, 2.75) is 45.3 Å². The van der Waals surface area contributed by atoms with Crippen LogP contribution in [0.1, 0.15) is 36.7 Å². The number of likely N-dealkylation sites (N-methyl/N-ethyl adjacent to an activating group) is 1. The van der Waals surface area contributed by atoms with Crippen LogP contribution in [0, 0.1) is 18.1 Å². The fourth-order valence-corrected chi connectivity index (χ4v) is 4.59. The summed E-state index contributed by atoms with van der Waals surface area (Å²) >= 11 is 0. The van der Waals surface area contributed by atoms with Crippen molar-refractivity contribution in [3.63, 3.8) is 0 Å². The van der Waals surface area contributed by atoms with Gasteiger partial charge in [-0.25, -0.2) is 0 Å². The van der Waals surface area contributed by atoms with Gasteiger partial charge in [-0.15, -0.1) is 0 Å². The van der Waals surface area contributed by atoms with E-state index >= 15 is 0 Å². The molecule has 4 N–H and O–H groups in total. The topological polar surface area (TPSA) is 140 Å². The molecule has 0 unspecified atom stereocenters. The van der Waals surface area contributed by atoms with Crippen molar-refractivity contribution < 1.29 is 24.0 Å². The van der Waals surface area contributed by atoms with E-state index in [1.807, 2.05) is 0 Å². The maximum absolute atomic E-state index is 13.3. The lowest BCUT2D eigenvalue weighted by molar-refractivity contribution is -0.141. The monoisotopic (exact) mass is 590 g/mol. The highest BCUT2D eigenvalue weighted by molar-refractivity contribution is 6.38. The smallest absolute Gasteiger partial charge is 0.289 e. The van der Waals surface area contributed by atoms with Gasteiger partial charge in [-0.1, -0.05) is 50.2 Å². The summed E-state index contributed by atoms with van der Waals surface area (Å²) in [4.78, 5) is 69.3. The van der Waals surface area contributed by atoms with Gasteiger partial charge in [-0.2, -0.15) is 0 Å². The predicted octanol–water partition coefficient (Wildman–Crippen LogP) is 0.206. The number of nitrogens with zero attached hydrogens (tertiary/aromatic N) is 2. The van der Waals surface area contributed by atoms with Gasteiger partial charge in [0.1, 0.15) is 12.1 Å². The molecule has 1 aliphatic heterocycles. The molecule has 0 radical (unpaired) electrons. The van der Waals surface area contributed by atoms with Crippen LogP contribution in [0.25, 0.3) is 0 Å². The summed E-state index contributed by atoms with van der Waals surface area (Å²) < 4.78 is 0. The zero-order valence-electron chi connectivity index (χ0n) is 25.3. The number of benzene rings is 1. The lowest BCUT2D eigenvalue weighted by Gasteiger charge is -2.32. The van der Waals surface area contributed by atoms with Crippen LogP contribution in [0.4, 0.5) is 0 Å². The van der Waals surface area contributed by atoms with E-state index in [0.29, 0.717) is 24.2 Å². The molecule has 1 fully saturated rings. The van der Waals surface area contributed by atoms with E-state index in [1.165, 1.54) is 6.92 Å². The number of Topliss-reactive ketones (excluding diaryl/α,β-unsaturated/α-hetero) is 1. The summed E-state index contributed by atoms with van der Waals surface area (Å²) in [6, 6.07) is 16.3. The first-order valence-electron chi connectivity index (χ1n) is 14.6. The molecule has 2 aromatic rings. The van der Waals surface area contributed by atoms with Gasteiger partial charge in [0.25, 0.3) is 11.8 Å². The van der Waals surface area contributed by atoms with E-state index in [0.717, 1.165) is 26.2 Å². The van der Waals surface area contributed by atoms with Crippen molar-refractivity contribution in [3.05, 3.63) is 71.8 Å². The summed E-state index contributed by atoms with van der Waals surface area (Å²) in [6.07, 6.45) is 0.123. The fraction of sp³-hybridized carbons (Fsp3) is 0.469. The number of amides is 4. The number of piperazine rings is 1. The molecule has 4 amide bonds. The molecule has 11 nitrogen and oxygen atoms in total. The molecule has 0 bridgehead atoms. The minimum absolute atomic E-state index is 0.123. The highest BCUT2D eigenvalue weighted by Gasteiger charge is 2.32. The molecule has 0 spiro atoms. The molecule has 2 aromatic carbocycles. The van der Waals surface area contributed by atoms with E-state index in [1.54, 1.807) is 62.4 Å². The van der Waals surface area contributed by atoms with E-state index in [4.69, 9.17) is 0 Å². The Hall–Kier alpha value is -4.27. The van der Waals surface area contributed by atoms with Crippen molar-refractivity contribution >= 4 is 29.4 Å². The lowest BCUT2D eigenvalue weighted by Crippen LogP contribution is -2.57. The number of hydrogen-bond acceptors (Lipinski definition) is 7.